The van der Waals surface area contributed by atoms with E-state index < -0.39 is 15.6 Å². The van der Waals surface area contributed by atoms with E-state index in [1.807, 2.05) is 6.92 Å². The molecule has 0 saturated carbocycles. The lowest BCUT2D eigenvalue weighted by molar-refractivity contribution is 0.404. The molecule has 2 heterocycles. The first-order valence-corrected chi connectivity index (χ1v) is 8.61. The van der Waals surface area contributed by atoms with Crippen molar-refractivity contribution in [1.29, 1.82) is 0 Å². The van der Waals surface area contributed by atoms with Gasteiger partial charge in [0, 0.05) is 24.0 Å². The Morgan fingerprint density at radius 1 is 1.32 bits per heavy atom. The van der Waals surface area contributed by atoms with Crippen LogP contribution in [0, 0.1) is 5.92 Å². The predicted molar refractivity (Wildman–Crippen MR) is 83.0 cm³/mol. The van der Waals surface area contributed by atoms with E-state index in [-0.39, 0.29) is 16.9 Å². The molecule has 2 atom stereocenters. The van der Waals surface area contributed by atoms with E-state index in [0.29, 0.717) is 24.1 Å². The quantitative estimate of drug-likeness (QED) is 0.856. The average Bonchev–Trinajstić information content (AvgIpc) is 2.88. The zero-order valence-corrected chi connectivity index (χ0v) is 13.0. The number of fused-ring (bicyclic) bond motifs is 1. The molecule has 118 valence electrons. The van der Waals surface area contributed by atoms with E-state index in [1.165, 1.54) is 28.6 Å². The van der Waals surface area contributed by atoms with Crippen LogP contribution >= 0.6 is 0 Å². The van der Waals surface area contributed by atoms with Crippen LogP contribution in [0.25, 0.3) is 11.0 Å². The van der Waals surface area contributed by atoms with Crippen molar-refractivity contribution in [3.8, 4) is 0 Å². The zero-order valence-electron chi connectivity index (χ0n) is 12.2. The van der Waals surface area contributed by atoms with Crippen molar-refractivity contribution >= 4 is 21.0 Å². The molecule has 22 heavy (non-hydrogen) atoms. The van der Waals surface area contributed by atoms with Crippen LogP contribution in [0.2, 0.25) is 0 Å². The average molecular weight is 322 g/mol. The summed E-state index contributed by atoms with van der Waals surface area (Å²) in [7, 11) is -3.57. The summed E-state index contributed by atoms with van der Waals surface area (Å²) in [6.07, 6.45) is 0.776. The molecule has 0 aliphatic carbocycles. The summed E-state index contributed by atoms with van der Waals surface area (Å²) in [6.45, 7) is 2.83. The molecule has 1 aliphatic heterocycles. The largest absolute Gasteiger partial charge is 0.423 e. The summed E-state index contributed by atoms with van der Waals surface area (Å²) in [4.78, 5) is 11.4. The molecule has 1 fully saturated rings. The Labute approximate surface area is 128 Å². The molecule has 0 radical (unpaired) electrons. The van der Waals surface area contributed by atoms with E-state index in [9.17, 15) is 13.2 Å². The zero-order chi connectivity index (χ0) is 15.9. The van der Waals surface area contributed by atoms with Crippen molar-refractivity contribution in [2.75, 3.05) is 13.1 Å². The Morgan fingerprint density at radius 3 is 2.77 bits per heavy atom. The van der Waals surface area contributed by atoms with Crippen LogP contribution in [0.4, 0.5) is 0 Å². The highest BCUT2D eigenvalue weighted by atomic mass is 32.2. The van der Waals surface area contributed by atoms with E-state index in [1.54, 1.807) is 6.07 Å². The van der Waals surface area contributed by atoms with E-state index in [4.69, 9.17) is 10.2 Å². The molecule has 0 amide bonds. The smallest absolute Gasteiger partial charge is 0.336 e. The number of hydrogen-bond acceptors (Lipinski definition) is 5. The fraction of sp³-hybridized carbons (Fsp3) is 0.400. The minimum Gasteiger partial charge on any atom is -0.423 e. The van der Waals surface area contributed by atoms with Crippen molar-refractivity contribution < 1.29 is 12.8 Å². The number of benzene rings is 1. The van der Waals surface area contributed by atoms with Crippen LogP contribution in [0.1, 0.15) is 13.3 Å². The summed E-state index contributed by atoms with van der Waals surface area (Å²) < 4.78 is 32.2. The predicted octanol–water partition coefficient (Wildman–Crippen LogP) is 1.15. The maximum atomic E-state index is 12.8. The van der Waals surface area contributed by atoms with Gasteiger partial charge in [0.2, 0.25) is 10.0 Å². The molecule has 1 saturated heterocycles. The van der Waals surface area contributed by atoms with Crippen molar-refractivity contribution in [3.05, 3.63) is 40.8 Å². The van der Waals surface area contributed by atoms with Crippen molar-refractivity contribution in [1.82, 2.24) is 4.31 Å². The number of nitrogens with zero attached hydrogens (tertiary/aromatic N) is 1. The molecule has 7 heteroatoms. The molecule has 2 N–H and O–H groups in total. The number of hydrogen-bond donors (Lipinski definition) is 1. The Balaban J connectivity index is 2.02. The monoisotopic (exact) mass is 322 g/mol. The third-order valence-electron chi connectivity index (χ3n) is 4.13. The van der Waals surface area contributed by atoms with Crippen molar-refractivity contribution in [2.45, 2.75) is 24.3 Å². The minimum atomic E-state index is -3.57. The summed E-state index contributed by atoms with van der Waals surface area (Å²) in [6, 6.07) is 7.31. The molecule has 0 spiro atoms. The van der Waals surface area contributed by atoms with Gasteiger partial charge in [-0.05, 0) is 50.1 Å². The van der Waals surface area contributed by atoms with Gasteiger partial charge in [0.25, 0.3) is 0 Å². The standard InChI is InChI=1S/C15H18N2O4S/c1-10-6-11(8-16)9-17(10)22(19,20)13-3-4-14-12(7-13)2-5-15(18)21-14/h2-5,7,10-11H,6,8-9,16H2,1H3. The second-order valence-electron chi connectivity index (χ2n) is 5.72. The third kappa shape index (κ3) is 2.55. The van der Waals surface area contributed by atoms with Crippen LogP contribution in [-0.2, 0) is 10.0 Å². The maximum Gasteiger partial charge on any atom is 0.336 e. The fourth-order valence-corrected chi connectivity index (χ4v) is 4.71. The van der Waals surface area contributed by atoms with Crippen molar-refractivity contribution in [3.63, 3.8) is 0 Å². The first-order chi connectivity index (χ1) is 10.4. The van der Waals surface area contributed by atoms with Crippen LogP contribution in [-0.4, -0.2) is 31.9 Å². The van der Waals surface area contributed by atoms with Gasteiger partial charge < -0.3 is 10.2 Å². The number of nitrogens with two attached hydrogens (primary N) is 1. The molecule has 1 aromatic carbocycles. The molecule has 1 aliphatic rings. The summed E-state index contributed by atoms with van der Waals surface area (Å²) >= 11 is 0. The lowest BCUT2D eigenvalue weighted by Gasteiger charge is -2.21. The lowest BCUT2D eigenvalue weighted by Crippen LogP contribution is -2.34. The second kappa shape index (κ2) is 5.49. The molecule has 6 nitrogen and oxygen atoms in total. The Kier molecular flexibility index (Phi) is 3.80. The van der Waals surface area contributed by atoms with Crippen LogP contribution in [0.3, 0.4) is 0 Å². The first-order valence-electron chi connectivity index (χ1n) is 7.17. The van der Waals surface area contributed by atoms with Gasteiger partial charge in [-0.3, -0.25) is 0 Å². The van der Waals surface area contributed by atoms with E-state index in [0.717, 1.165) is 6.42 Å². The third-order valence-corrected chi connectivity index (χ3v) is 6.11. The SMILES string of the molecule is CC1CC(CN)CN1S(=O)(=O)c1ccc2oc(=O)ccc2c1. The second-order valence-corrected chi connectivity index (χ2v) is 7.61. The van der Waals surface area contributed by atoms with Gasteiger partial charge in [0.15, 0.2) is 0 Å². The highest BCUT2D eigenvalue weighted by Gasteiger charge is 2.37. The number of sulfonamides is 1. The lowest BCUT2D eigenvalue weighted by atomic mass is 10.1. The summed E-state index contributed by atoms with van der Waals surface area (Å²) in [5.41, 5.74) is 5.58. The minimum absolute atomic E-state index is 0.0667. The van der Waals surface area contributed by atoms with Gasteiger partial charge in [-0.15, -0.1) is 0 Å². The van der Waals surface area contributed by atoms with Crippen LogP contribution in [0.15, 0.2) is 44.4 Å². The highest BCUT2D eigenvalue weighted by Crippen LogP contribution is 2.30. The molecule has 3 rings (SSSR count). The first kappa shape index (κ1) is 15.2. The molecule has 0 bridgehead atoms. The highest BCUT2D eigenvalue weighted by molar-refractivity contribution is 7.89. The molecule has 1 aromatic heterocycles. The van der Waals surface area contributed by atoms with Gasteiger partial charge >= 0.3 is 5.63 Å². The van der Waals surface area contributed by atoms with E-state index >= 15 is 0 Å². The number of rotatable bonds is 3. The molecule has 2 unspecified atom stereocenters. The summed E-state index contributed by atoms with van der Waals surface area (Å²) in [5.74, 6) is 0.197. The Morgan fingerprint density at radius 2 is 2.09 bits per heavy atom. The van der Waals surface area contributed by atoms with Crippen LogP contribution < -0.4 is 11.4 Å². The maximum absolute atomic E-state index is 12.8. The Bertz CT molecular complexity index is 859. The molecule has 2 aromatic rings. The van der Waals surface area contributed by atoms with E-state index in [2.05, 4.69) is 0 Å². The normalized spacial score (nSPS) is 23.2. The topological polar surface area (TPSA) is 93.6 Å². The van der Waals surface area contributed by atoms with Gasteiger partial charge in [-0.2, -0.15) is 4.31 Å². The van der Waals surface area contributed by atoms with Gasteiger partial charge in [0.1, 0.15) is 5.58 Å². The van der Waals surface area contributed by atoms with Crippen LogP contribution in [0.5, 0.6) is 0 Å². The van der Waals surface area contributed by atoms with Crippen molar-refractivity contribution in [2.24, 2.45) is 11.7 Å². The fourth-order valence-electron chi connectivity index (χ4n) is 2.96. The van der Waals surface area contributed by atoms with Gasteiger partial charge in [-0.25, -0.2) is 13.2 Å². The molecular weight excluding hydrogens is 304 g/mol. The Hall–Kier alpha value is -1.70. The van der Waals surface area contributed by atoms with Gasteiger partial charge in [0.05, 0.1) is 4.90 Å². The molecular formula is C15H18N2O4S. The summed E-state index contributed by atoms with van der Waals surface area (Å²) in [5, 5.41) is 0.586. The van der Waals surface area contributed by atoms with Gasteiger partial charge in [-0.1, -0.05) is 0 Å².